The highest BCUT2D eigenvalue weighted by atomic mass is 32.2. The molecule has 0 N–H and O–H groups in total. The van der Waals surface area contributed by atoms with Gasteiger partial charge in [-0.3, -0.25) is 0 Å². The first-order valence-electron chi connectivity index (χ1n) is 12.9. The van der Waals surface area contributed by atoms with Crippen LogP contribution in [0.15, 0.2) is 0 Å². The third-order valence-corrected chi connectivity index (χ3v) is 9.53. The van der Waals surface area contributed by atoms with Gasteiger partial charge < -0.3 is 0 Å². The molecule has 0 bridgehead atoms. The Balaban J connectivity index is 2.14. The Labute approximate surface area is 176 Å². The minimum Gasteiger partial charge on any atom is -0.148 e. The Morgan fingerprint density at radius 3 is 1.15 bits per heavy atom. The van der Waals surface area contributed by atoms with Gasteiger partial charge in [0.05, 0.1) is 0 Å². The van der Waals surface area contributed by atoms with Crippen molar-refractivity contribution in [3.05, 3.63) is 0 Å². The van der Waals surface area contributed by atoms with Crippen molar-refractivity contribution < 1.29 is 0 Å². The fourth-order valence-corrected chi connectivity index (χ4v) is 8.16. The number of thioether (sulfide) groups is 1. The summed E-state index contributed by atoms with van der Waals surface area (Å²) in [7, 11) is 0. The van der Waals surface area contributed by atoms with Gasteiger partial charge in [-0.2, -0.15) is 0 Å². The summed E-state index contributed by atoms with van der Waals surface area (Å²) in [5.74, 6) is 0. The van der Waals surface area contributed by atoms with Gasteiger partial charge in [-0.05, 0) is 38.5 Å². The summed E-state index contributed by atoms with van der Waals surface area (Å²) < 4.78 is 1.25. The van der Waals surface area contributed by atoms with Crippen LogP contribution in [0.4, 0.5) is 0 Å². The number of unbranched alkanes of at least 4 members (excludes halogenated alkanes) is 4. The first kappa shape index (κ1) is 23.6. The molecule has 1 heteroatoms. The molecule has 2 fully saturated rings. The van der Waals surface area contributed by atoms with E-state index in [1.54, 1.807) is 0 Å². The minimum absolute atomic E-state index is 0.626. The summed E-state index contributed by atoms with van der Waals surface area (Å²) in [5, 5.41) is 0. The molecule has 0 unspecified atom stereocenters. The van der Waals surface area contributed by atoms with Gasteiger partial charge in [-0.15, -0.1) is 11.8 Å². The lowest BCUT2D eigenvalue weighted by molar-refractivity contribution is 0.354. The normalized spacial score (nSPS) is 23.8. The van der Waals surface area contributed by atoms with E-state index in [0.717, 1.165) is 0 Å². The molecule has 0 spiro atoms. The van der Waals surface area contributed by atoms with Gasteiger partial charge in [0.1, 0.15) is 0 Å². The Kier molecular flexibility index (Phi) is 11.9. The lowest BCUT2D eigenvalue weighted by Crippen LogP contribution is -2.37. The van der Waals surface area contributed by atoms with Gasteiger partial charge in [0, 0.05) is 9.49 Å². The molecule has 0 aromatic rings. The smallest absolute Gasteiger partial charge is 0.0165 e. The van der Waals surface area contributed by atoms with E-state index in [1.807, 2.05) is 0 Å². The number of hydrogen-bond acceptors (Lipinski definition) is 1. The first-order valence-corrected chi connectivity index (χ1v) is 13.8. The van der Waals surface area contributed by atoms with Crippen LogP contribution in [0.1, 0.15) is 155 Å². The van der Waals surface area contributed by atoms with E-state index < -0.39 is 0 Å². The van der Waals surface area contributed by atoms with Crippen LogP contribution >= 0.6 is 11.8 Å². The maximum absolute atomic E-state index is 2.58. The Morgan fingerprint density at radius 2 is 0.815 bits per heavy atom. The zero-order valence-corrected chi connectivity index (χ0v) is 19.8. The van der Waals surface area contributed by atoms with Crippen molar-refractivity contribution in [2.24, 2.45) is 0 Å². The highest BCUT2D eigenvalue weighted by molar-refractivity contribution is 8.02. The summed E-state index contributed by atoms with van der Waals surface area (Å²) in [6.07, 6.45) is 32.8. The lowest BCUT2D eigenvalue weighted by atomic mass is 9.85. The molecule has 0 saturated heterocycles. The summed E-state index contributed by atoms with van der Waals surface area (Å²) in [5.41, 5.74) is 0. The Bertz CT molecular complexity index is 311. The fourth-order valence-electron chi connectivity index (χ4n) is 5.76. The molecule has 0 heterocycles. The zero-order chi connectivity index (χ0) is 19.3. The lowest BCUT2D eigenvalue weighted by Gasteiger charge is -2.46. The molecule has 2 rings (SSSR count). The third kappa shape index (κ3) is 8.71. The standard InChI is InChI=1S/C26H50S/c1-3-5-13-19-25(21-15-9-7-10-16-22-25)27-26(20-14-6-4-2)23-17-11-8-12-18-24-26/h3-24H2,1-2H3. The van der Waals surface area contributed by atoms with E-state index in [1.165, 1.54) is 141 Å². The molecule has 160 valence electrons. The quantitative estimate of drug-likeness (QED) is 0.332. The maximum Gasteiger partial charge on any atom is 0.0165 e. The third-order valence-electron chi connectivity index (χ3n) is 7.43. The molecular formula is C26H50S. The van der Waals surface area contributed by atoms with Gasteiger partial charge in [-0.1, -0.05) is 117 Å². The number of hydrogen-bond donors (Lipinski definition) is 0. The van der Waals surface area contributed by atoms with Crippen LogP contribution in [0.5, 0.6) is 0 Å². The summed E-state index contributed by atoms with van der Waals surface area (Å²) >= 11 is 2.58. The van der Waals surface area contributed by atoms with Crippen LogP contribution in [-0.4, -0.2) is 9.49 Å². The minimum atomic E-state index is 0.626. The SMILES string of the molecule is CCCCCC1(SC2(CCCCC)CCCCCCC2)CCCCCCC1. The van der Waals surface area contributed by atoms with E-state index in [0.29, 0.717) is 9.49 Å². The predicted octanol–water partition coefficient (Wildman–Crippen LogP) is 9.85. The van der Waals surface area contributed by atoms with E-state index in [2.05, 4.69) is 25.6 Å². The van der Waals surface area contributed by atoms with Crippen LogP contribution in [0, 0.1) is 0 Å². The van der Waals surface area contributed by atoms with Crippen molar-refractivity contribution in [3.8, 4) is 0 Å². The predicted molar refractivity (Wildman–Crippen MR) is 126 cm³/mol. The van der Waals surface area contributed by atoms with Crippen LogP contribution in [-0.2, 0) is 0 Å². The second kappa shape index (κ2) is 13.6. The molecule has 2 saturated carbocycles. The average Bonchev–Trinajstić information content (AvgIpc) is 2.62. The molecule has 0 amide bonds. The molecule has 2 aliphatic carbocycles. The van der Waals surface area contributed by atoms with Gasteiger partial charge >= 0.3 is 0 Å². The first-order chi connectivity index (χ1) is 13.2. The number of rotatable bonds is 10. The summed E-state index contributed by atoms with van der Waals surface area (Å²) in [4.78, 5) is 0. The fraction of sp³-hybridized carbons (Fsp3) is 1.00. The van der Waals surface area contributed by atoms with Crippen molar-refractivity contribution >= 4 is 11.8 Å². The van der Waals surface area contributed by atoms with Crippen molar-refractivity contribution in [2.75, 3.05) is 0 Å². The molecule has 0 aromatic heterocycles. The molecule has 0 nitrogen and oxygen atoms in total. The molecule has 0 aliphatic heterocycles. The van der Waals surface area contributed by atoms with Crippen molar-refractivity contribution in [2.45, 2.75) is 165 Å². The van der Waals surface area contributed by atoms with E-state index in [4.69, 9.17) is 0 Å². The summed E-state index contributed by atoms with van der Waals surface area (Å²) in [6, 6.07) is 0. The Hall–Kier alpha value is 0.350. The molecule has 0 atom stereocenters. The van der Waals surface area contributed by atoms with E-state index in [-0.39, 0.29) is 0 Å². The summed E-state index contributed by atoms with van der Waals surface area (Å²) in [6.45, 7) is 4.75. The maximum atomic E-state index is 2.58. The van der Waals surface area contributed by atoms with Crippen molar-refractivity contribution in [3.63, 3.8) is 0 Å². The molecule has 27 heavy (non-hydrogen) atoms. The zero-order valence-electron chi connectivity index (χ0n) is 19.0. The van der Waals surface area contributed by atoms with Crippen molar-refractivity contribution in [1.82, 2.24) is 0 Å². The second-order valence-corrected chi connectivity index (χ2v) is 11.9. The van der Waals surface area contributed by atoms with Crippen molar-refractivity contribution in [1.29, 1.82) is 0 Å². The largest absolute Gasteiger partial charge is 0.148 e. The second-order valence-electron chi connectivity index (χ2n) is 9.92. The van der Waals surface area contributed by atoms with Crippen LogP contribution < -0.4 is 0 Å². The molecule has 2 aliphatic rings. The monoisotopic (exact) mass is 394 g/mol. The van der Waals surface area contributed by atoms with Crippen LogP contribution in [0.3, 0.4) is 0 Å². The van der Waals surface area contributed by atoms with Gasteiger partial charge in [0.25, 0.3) is 0 Å². The van der Waals surface area contributed by atoms with Crippen LogP contribution in [0.25, 0.3) is 0 Å². The highest BCUT2D eigenvalue weighted by Crippen LogP contribution is 2.53. The highest BCUT2D eigenvalue weighted by Gasteiger charge is 2.40. The van der Waals surface area contributed by atoms with E-state index in [9.17, 15) is 0 Å². The topological polar surface area (TPSA) is 0 Å². The molecule has 0 radical (unpaired) electrons. The van der Waals surface area contributed by atoms with E-state index >= 15 is 0 Å². The molecule has 0 aromatic carbocycles. The van der Waals surface area contributed by atoms with Crippen LogP contribution in [0.2, 0.25) is 0 Å². The van der Waals surface area contributed by atoms with Gasteiger partial charge in [-0.25, -0.2) is 0 Å². The van der Waals surface area contributed by atoms with Gasteiger partial charge in [0.15, 0.2) is 0 Å². The average molecular weight is 395 g/mol. The van der Waals surface area contributed by atoms with Gasteiger partial charge in [0.2, 0.25) is 0 Å². The molecular weight excluding hydrogens is 344 g/mol. The Morgan fingerprint density at radius 1 is 0.481 bits per heavy atom.